The maximum absolute atomic E-state index is 4.29. The molecule has 0 saturated carbocycles. The minimum Gasteiger partial charge on any atom is -0.360 e. The lowest BCUT2D eigenvalue weighted by molar-refractivity contribution is -0.293. The summed E-state index contributed by atoms with van der Waals surface area (Å²) >= 11 is 0. The van der Waals surface area contributed by atoms with Gasteiger partial charge in [0.15, 0.2) is 0 Å². The van der Waals surface area contributed by atoms with Crippen LogP contribution in [0.4, 0.5) is 0 Å². The van der Waals surface area contributed by atoms with E-state index in [2.05, 4.69) is 19.8 Å². The largest absolute Gasteiger partial charge is 0.360 e. The number of hydrogen-bond acceptors (Lipinski definition) is 4. The highest BCUT2D eigenvalue weighted by molar-refractivity contribution is 5.44. The smallest absolute Gasteiger partial charge is 0.259 e. The maximum Gasteiger partial charge on any atom is 0.259 e. The maximum atomic E-state index is 4.29. The first kappa shape index (κ1) is 3.42. The average molecular weight is 89.0 g/mol. The number of hydrogen-bond donors (Lipinski definition) is 0. The molecule has 0 aromatic carbocycles. The second-order valence-electron chi connectivity index (χ2n) is 0.672. The molecule has 4 nitrogen and oxygen atoms in total. The summed E-state index contributed by atoms with van der Waals surface area (Å²) in [5.41, 5.74) is 0. The summed E-state index contributed by atoms with van der Waals surface area (Å²) in [5, 5.41) is 3.20. The summed E-state index contributed by atoms with van der Waals surface area (Å²) in [6.07, 6.45) is 1.07. The molecule has 1 aliphatic heterocycles. The molecule has 0 aromatic rings. The van der Waals surface area contributed by atoms with E-state index in [9.17, 15) is 0 Å². The van der Waals surface area contributed by atoms with Gasteiger partial charge in [-0.1, -0.05) is 0 Å². The Balaban J connectivity index is 2.26. The molecular formula is C2H3NO3. The molecule has 0 bridgehead atoms. The highest BCUT2D eigenvalue weighted by Crippen LogP contribution is 1.84. The van der Waals surface area contributed by atoms with E-state index in [1.54, 1.807) is 0 Å². The van der Waals surface area contributed by atoms with Gasteiger partial charge in [0.2, 0.25) is 0 Å². The van der Waals surface area contributed by atoms with E-state index in [1.165, 1.54) is 0 Å². The van der Waals surface area contributed by atoms with Gasteiger partial charge in [0, 0.05) is 0 Å². The summed E-state index contributed by atoms with van der Waals surface area (Å²) in [4.78, 5) is 12.6. The average Bonchev–Trinajstić information content (AvgIpc) is 1.72. The van der Waals surface area contributed by atoms with Crippen molar-refractivity contribution in [2.45, 2.75) is 0 Å². The zero-order valence-corrected chi connectivity index (χ0v) is 2.96. The van der Waals surface area contributed by atoms with Crippen LogP contribution in [0.2, 0.25) is 0 Å². The van der Waals surface area contributed by atoms with Gasteiger partial charge in [-0.3, -0.25) is 0 Å². The van der Waals surface area contributed by atoms with Crippen LogP contribution in [-0.2, 0) is 14.6 Å². The molecule has 0 aromatic heterocycles. The van der Waals surface area contributed by atoms with Gasteiger partial charge in [0.25, 0.3) is 13.2 Å². The van der Waals surface area contributed by atoms with Gasteiger partial charge in [-0.15, -0.1) is 4.89 Å². The fourth-order valence-electron chi connectivity index (χ4n) is 0.158. The second-order valence-corrected chi connectivity index (χ2v) is 0.672. The molecule has 0 atom stereocenters. The third-order valence-corrected chi connectivity index (χ3v) is 0.329. The van der Waals surface area contributed by atoms with Crippen molar-refractivity contribution in [1.29, 1.82) is 0 Å². The minimum absolute atomic E-state index is 0.0799. The van der Waals surface area contributed by atoms with E-state index in [-0.39, 0.29) is 6.79 Å². The van der Waals surface area contributed by atoms with Gasteiger partial charge < -0.3 is 9.73 Å². The summed E-state index contributed by atoms with van der Waals surface area (Å²) in [6, 6.07) is 0. The standard InChI is InChI=1S/C2H3NO3/c1-3-4-2-6-5-1/h1H,2H2. The first-order valence-electron chi connectivity index (χ1n) is 1.42. The van der Waals surface area contributed by atoms with E-state index >= 15 is 0 Å². The van der Waals surface area contributed by atoms with Crippen LogP contribution in [0.1, 0.15) is 0 Å². The highest BCUT2D eigenvalue weighted by atomic mass is 17.2. The Kier molecular flexibility index (Phi) is 0.920. The van der Waals surface area contributed by atoms with Crippen LogP contribution in [0.25, 0.3) is 0 Å². The molecule has 0 saturated heterocycles. The van der Waals surface area contributed by atoms with Crippen LogP contribution < -0.4 is 0 Å². The van der Waals surface area contributed by atoms with Gasteiger partial charge in [0.1, 0.15) is 0 Å². The molecule has 0 spiro atoms. The van der Waals surface area contributed by atoms with Gasteiger partial charge >= 0.3 is 0 Å². The molecule has 0 fully saturated rings. The van der Waals surface area contributed by atoms with Crippen molar-refractivity contribution in [1.82, 2.24) is 0 Å². The highest BCUT2D eigenvalue weighted by Gasteiger charge is 1.87. The van der Waals surface area contributed by atoms with Crippen molar-refractivity contribution in [2.75, 3.05) is 6.79 Å². The van der Waals surface area contributed by atoms with E-state index in [4.69, 9.17) is 0 Å². The van der Waals surface area contributed by atoms with Gasteiger partial charge in [-0.2, -0.15) is 0 Å². The molecule has 0 amide bonds. The molecule has 1 rings (SSSR count). The third kappa shape index (κ3) is 0.587. The second kappa shape index (κ2) is 1.61. The quantitative estimate of drug-likeness (QED) is 0.388. The zero-order chi connectivity index (χ0) is 4.24. The van der Waals surface area contributed by atoms with Crippen molar-refractivity contribution >= 4 is 6.40 Å². The Morgan fingerprint density at radius 3 is 2.83 bits per heavy atom. The molecule has 0 N–H and O–H groups in total. The summed E-state index contributed by atoms with van der Waals surface area (Å²) in [7, 11) is 0. The van der Waals surface area contributed by atoms with Crippen LogP contribution in [0.5, 0.6) is 0 Å². The minimum atomic E-state index is 0.0799. The first-order chi connectivity index (χ1) is 3.00. The van der Waals surface area contributed by atoms with Crippen molar-refractivity contribution < 1.29 is 14.6 Å². The van der Waals surface area contributed by atoms with Gasteiger partial charge in [-0.25, -0.2) is 0 Å². The lowest BCUT2D eigenvalue weighted by Crippen LogP contribution is -2.01. The molecule has 1 aliphatic rings. The molecule has 0 radical (unpaired) electrons. The molecule has 4 heteroatoms. The Bertz CT molecular complexity index is 53.8. The molecular weight excluding hydrogens is 86.0 g/mol. The van der Waals surface area contributed by atoms with Crippen molar-refractivity contribution in [3.05, 3.63) is 0 Å². The molecule has 1 heterocycles. The van der Waals surface area contributed by atoms with Gasteiger partial charge in [-0.05, 0) is 5.16 Å². The fourth-order valence-corrected chi connectivity index (χ4v) is 0.158. The van der Waals surface area contributed by atoms with Crippen LogP contribution >= 0.6 is 0 Å². The predicted octanol–water partition coefficient (Wildman–Crippen LogP) is -0.134. The van der Waals surface area contributed by atoms with Crippen molar-refractivity contribution in [2.24, 2.45) is 5.16 Å². The summed E-state index contributed by atoms with van der Waals surface area (Å²) in [6.45, 7) is 0.0799. The van der Waals surface area contributed by atoms with Crippen molar-refractivity contribution in [3.63, 3.8) is 0 Å². The number of rotatable bonds is 0. The van der Waals surface area contributed by atoms with Crippen LogP contribution in [0.15, 0.2) is 5.16 Å². The Labute approximate surface area is 34.2 Å². The van der Waals surface area contributed by atoms with E-state index in [1.807, 2.05) is 0 Å². The van der Waals surface area contributed by atoms with Crippen LogP contribution in [-0.4, -0.2) is 13.2 Å². The van der Waals surface area contributed by atoms with E-state index in [0.717, 1.165) is 6.40 Å². The Hall–Kier alpha value is -0.770. The normalized spacial score (nSPS) is 18.7. The number of oxime groups is 1. The summed E-state index contributed by atoms with van der Waals surface area (Å²) in [5.74, 6) is 0. The van der Waals surface area contributed by atoms with Gasteiger partial charge in [0.05, 0.1) is 0 Å². The zero-order valence-electron chi connectivity index (χ0n) is 2.96. The molecule has 0 unspecified atom stereocenters. The molecule has 0 aliphatic carbocycles. The topological polar surface area (TPSA) is 40.0 Å². The van der Waals surface area contributed by atoms with Crippen molar-refractivity contribution in [3.8, 4) is 0 Å². The SMILES string of the molecule is C1=NOCOO1. The van der Waals surface area contributed by atoms with E-state index < -0.39 is 0 Å². The predicted molar refractivity (Wildman–Crippen MR) is 16.6 cm³/mol. The Morgan fingerprint density at radius 2 is 2.67 bits per heavy atom. The molecule has 6 heavy (non-hydrogen) atoms. The molecule has 34 valence electrons. The Morgan fingerprint density at radius 1 is 1.67 bits per heavy atom. The third-order valence-electron chi connectivity index (χ3n) is 0.329. The first-order valence-corrected chi connectivity index (χ1v) is 1.42. The fraction of sp³-hybridized carbons (Fsp3) is 0.500. The lowest BCUT2D eigenvalue weighted by atomic mass is 11.4. The number of nitrogens with zero attached hydrogens (tertiary/aromatic N) is 1. The van der Waals surface area contributed by atoms with E-state index in [0.29, 0.717) is 0 Å². The van der Waals surface area contributed by atoms with Crippen LogP contribution in [0.3, 0.4) is 0 Å². The lowest BCUT2D eigenvalue weighted by Gasteiger charge is -2.01. The van der Waals surface area contributed by atoms with Crippen LogP contribution in [0, 0.1) is 0 Å². The summed E-state index contributed by atoms with van der Waals surface area (Å²) < 4.78 is 0. The monoisotopic (exact) mass is 89.0 g/mol.